The summed E-state index contributed by atoms with van der Waals surface area (Å²) < 4.78 is 5.29. The fourth-order valence-electron chi connectivity index (χ4n) is 1.64. The Morgan fingerprint density at radius 1 is 1.36 bits per heavy atom. The smallest absolute Gasteiger partial charge is 0.0593 e. The number of thiol groups is 1. The average Bonchev–Trinajstić information content (AvgIpc) is 2.18. The predicted molar refractivity (Wildman–Crippen MR) is 64.6 cm³/mol. The highest BCUT2D eigenvalue weighted by molar-refractivity contribution is 7.98. The molecule has 0 saturated carbocycles. The Morgan fingerprint density at radius 3 is 2.36 bits per heavy atom. The Morgan fingerprint density at radius 2 is 2.00 bits per heavy atom. The Bertz CT molecular complexity index is 298. The highest BCUT2D eigenvalue weighted by atomic mass is 32.2. The summed E-state index contributed by atoms with van der Waals surface area (Å²) in [6.45, 7) is 1.63. The number of rotatable bonds is 3. The van der Waals surface area contributed by atoms with Crippen LogP contribution >= 0.6 is 24.4 Å². The number of ether oxygens (including phenoxy) is 1. The summed E-state index contributed by atoms with van der Waals surface area (Å²) in [5, 5.41) is 0. The van der Waals surface area contributed by atoms with Crippen LogP contribution in [0.25, 0.3) is 0 Å². The number of hydrogen-bond acceptors (Lipinski definition) is 3. The summed E-state index contributed by atoms with van der Waals surface area (Å²) in [4.78, 5) is 1.31. The van der Waals surface area contributed by atoms with Gasteiger partial charge >= 0.3 is 0 Å². The summed E-state index contributed by atoms with van der Waals surface area (Å²) in [5.74, 6) is 0.867. The number of benzene rings is 1. The van der Waals surface area contributed by atoms with Crippen LogP contribution in [0.1, 0.15) is 5.56 Å². The molecule has 76 valence electrons. The summed E-state index contributed by atoms with van der Waals surface area (Å²) >= 11 is 6.18. The molecular weight excluding hydrogens is 212 g/mol. The van der Waals surface area contributed by atoms with Crippen molar-refractivity contribution in [2.24, 2.45) is 0 Å². The lowest BCUT2D eigenvalue weighted by molar-refractivity contribution is -0.0471. The summed E-state index contributed by atoms with van der Waals surface area (Å²) in [6.07, 6.45) is 2.09. The zero-order valence-corrected chi connectivity index (χ0v) is 9.91. The van der Waals surface area contributed by atoms with Gasteiger partial charge in [-0.15, -0.1) is 11.8 Å². The van der Waals surface area contributed by atoms with Crippen LogP contribution in [-0.2, 0) is 10.2 Å². The van der Waals surface area contributed by atoms with Crippen LogP contribution in [0.5, 0.6) is 0 Å². The molecule has 0 atom stereocenters. The van der Waals surface area contributed by atoms with Crippen molar-refractivity contribution in [3.8, 4) is 0 Å². The van der Waals surface area contributed by atoms with Crippen LogP contribution in [0.15, 0.2) is 29.2 Å². The van der Waals surface area contributed by atoms with Gasteiger partial charge in [0.1, 0.15) is 0 Å². The Hall–Kier alpha value is -0.120. The van der Waals surface area contributed by atoms with Crippen LogP contribution in [-0.4, -0.2) is 25.2 Å². The maximum absolute atomic E-state index is 5.29. The normalized spacial score (nSPS) is 19.0. The van der Waals surface area contributed by atoms with Gasteiger partial charge < -0.3 is 4.74 Å². The van der Waals surface area contributed by atoms with Gasteiger partial charge in [0.2, 0.25) is 0 Å². The molecular formula is C11H14OS2. The standard InChI is InChI=1S/C11H14OS2/c1-14-10-4-2-9(3-5-10)11(8-13)6-12-7-11/h2-5,13H,6-8H2,1H3. The minimum absolute atomic E-state index is 0.181. The molecule has 1 aromatic rings. The van der Waals surface area contributed by atoms with E-state index >= 15 is 0 Å². The van der Waals surface area contributed by atoms with Gasteiger partial charge in [-0.1, -0.05) is 12.1 Å². The van der Waals surface area contributed by atoms with E-state index < -0.39 is 0 Å². The van der Waals surface area contributed by atoms with Crippen molar-refractivity contribution in [3.05, 3.63) is 29.8 Å². The van der Waals surface area contributed by atoms with Crippen molar-refractivity contribution in [2.75, 3.05) is 25.2 Å². The van der Waals surface area contributed by atoms with E-state index in [2.05, 4.69) is 43.2 Å². The molecule has 3 heteroatoms. The van der Waals surface area contributed by atoms with E-state index in [4.69, 9.17) is 4.74 Å². The van der Waals surface area contributed by atoms with Crippen LogP contribution < -0.4 is 0 Å². The lowest BCUT2D eigenvalue weighted by Crippen LogP contribution is -2.48. The van der Waals surface area contributed by atoms with Gasteiger partial charge in [-0.25, -0.2) is 0 Å². The minimum Gasteiger partial charge on any atom is -0.379 e. The van der Waals surface area contributed by atoms with E-state index in [9.17, 15) is 0 Å². The van der Waals surface area contributed by atoms with E-state index in [-0.39, 0.29) is 5.41 Å². The Labute approximate surface area is 94.6 Å². The molecule has 0 unspecified atom stereocenters. The fourth-order valence-corrected chi connectivity index (χ4v) is 2.42. The van der Waals surface area contributed by atoms with E-state index in [0.717, 1.165) is 19.0 Å². The third-order valence-electron chi connectivity index (χ3n) is 2.76. The van der Waals surface area contributed by atoms with Gasteiger partial charge in [0, 0.05) is 10.6 Å². The van der Waals surface area contributed by atoms with Crippen LogP contribution in [0.2, 0.25) is 0 Å². The monoisotopic (exact) mass is 226 g/mol. The zero-order valence-electron chi connectivity index (χ0n) is 8.19. The molecule has 1 fully saturated rings. The van der Waals surface area contributed by atoms with Crippen molar-refractivity contribution >= 4 is 24.4 Å². The van der Waals surface area contributed by atoms with Crippen molar-refractivity contribution in [2.45, 2.75) is 10.3 Å². The molecule has 0 bridgehead atoms. The molecule has 2 rings (SSSR count). The molecule has 1 aliphatic heterocycles. The molecule has 0 aliphatic carbocycles. The van der Waals surface area contributed by atoms with Crippen molar-refractivity contribution in [1.29, 1.82) is 0 Å². The second-order valence-corrected chi connectivity index (χ2v) is 4.86. The maximum Gasteiger partial charge on any atom is 0.0593 e. The van der Waals surface area contributed by atoms with E-state index in [0.29, 0.717) is 0 Å². The largest absolute Gasteiger partial charge is 0.379 e. The van der Waals surface area contributed by atoms with Gasteiger partial charge in [-0.2, -0.15) is 12.6 Å². The highest BCUT2D eigenvalue weighted by Gasteiger charge is 2.38. The second-order valence-electron chi connectivity index (χ2n) is 3.66. The second kappa shape index (κ2) is 4.17. The van der Waals surface area contributed by atoms with Gasteiger partial charge in [-0.05, 0) is 24.0 Å². The minimum atomic E-state index is 0.181. The maximum atomic E-state index is 5.29. The lowest BCUT2D eigenvalue weighted by atomic mass is 9.80. The van der Waals surface area contributed by atoms with E-state index in [1.54, 1.807) is 11.8 Å². The fraction of sp³-hybridized carbons (Fsp3) is 0.455. The molecule has 14 heavy (non-hydrogen) atoms. The average molecular weight is 226 g/mol. The first-order chi connectivity index (χ1) is 6.80. The van der Waals surface area contributed by atoms with Gasteiger partial charge in [0.25, 0.3) is 0 Å². The van der Waals surface area contributed by atoms with Gasteiger partial charge in [0.15, 0.2) is 0 Å². The third-order valence-corrected chi connectivity index (χ3v) is 4.11. The number of hydrogen-bond donors (Lipinski definition) is 1. The lowest BCUT2D eigenvalue weighted by Gasteiger charge is -2.40. The zero-order chi connectivity index (χ0) is 10.0. The quantitative estimate of drug-likeness (QED) is 0.626. The van der Waals surface area contributed by atoms with Crippen LogP contribution in [0.3, 0.4) is 0 Å². The molecule has 0 spiro atoms. The van der Waals surface area contributed by atoms with Crippen LogP contribution in [0.4, 0.5) is 0 Å². The Kier molecular flexibility index (Phi) is 3.10. The summed E-state index contributed by atoms with van der Waals surface area (Å²) in [7, 11) is 0. The molecule has 1 aromatic carbocycles. The van der Waals surface area contributed by atoms with Crippen molar-refractivity contribution in [1.82, 2.24) is 0 Å². The molecule has 1 heterocycles. The Balaban J connectivity index is 2.23. The highest BCUT2D eigenvalue weighted by Crippen LogP contribution is 2.34. The van der Waals surface area contributed by atoms with Gasteiger partial charge in [0.05, 0.1) is 18.6 Å². The topological polar surface area (TPSA) is 9.23 Å². The van der Waals surface area contributed by atoms with E-state index in [1.165, 1.54) is 10.5 Å². The molecule has 1 nitrogen and oxygen atoms in total. The first-order valence-corrected chi connectivity index (χ1v) is 6.50. The first kappa shape index (κ1) is 10.4. The third kappa shape index (κ3) is 1.69. The molecule has 0 N–H and O–H groups in total. The van der Waals surface area contributed by atoms with Crippen molar-refractivity contribution < 1.29 is 4.74 Å². The molecule has 1 saturated heterocycles. The van der Waals surface area contributed by atoms with Gasteiger partial charge in [-0.3, -0.25) is 0 Å². The summed E-state index contributed by atoms with van der Waals surface area (Å²) in [6, 6.07) is 8.74. The molecule has 0 amide bonds. The molecule has 0 aromatic heterocycles. The number of thioether (sulfide) groups is 1. The first-order valence-electron chi connectivity index (χ1n) is 4.64. The molecule has 0 radical (unpaired) electrons. The molecule has 1 aliphatic rings. The van der Waals surface area contributed by atoms with Crippen LogP contribution in [0, 0.1) is 0 Å². The predicted octanol–water partition coefficient (Wildman–Crippen LogP) is 2.61. The summed E-state index contributed by atoms with van der Waals surface area (Å²) in [5.41, 5.74) is 1.54. The van der Waals surface area contributed by atoms with E-state index in [1.807, 2.05) is 0 Å². The SMILES string of the molecule is CSc1ccc(C2(CS)COC2)cc1. The van der Waals surface area contributed by atoms with Crippen molar-refractivity contribution in [3.63, 3.8) is 0 Å².